The van der Waals surface area contributed by atoms with E-state index >= 15 is 0 Å². The molecule has 0 radical (unpaired) electrons. The molecule has 0 aliphatic heterocycles. The van der Waals surface area contributed by atoms with Gasteiger partial charge in [-0.3, -0.25) is 4.79 Å². The molecule has 0 saturated carbocycles. The van der Waals surface area contributed by atoms with Crippen LogP contribution in [0.15, 0.2) is 84.9 Å². The summed E-state index contributed by atoms with van der Waals surface area (Å²) >= 11 is 0. The molecule has 3 rings (SSSR count). The Bertz CT molecular complexity index is 873. The summed E-state index contributed by atoms with van der Waals surface area (Å²) < 4.78 is 5.99. The van der Waals surface area contributed by atoms with Crippen LogP contribution in [0.1, 0.15) is 37.5 Å². The van der Waals surface area contributed by atoms with Gasteiger partial charge in [0.1, 0.15) is 5.75 Å². The van der Waals surface area contributed by atoms with Crippen LogP contribution in [0.3, 0.4) is 0 Å². The molecule has 0 saturated heterocycles. The van der Waals surface area contributed by atoms with E-state index in [9.17, 15) is 4.79 Å². The molecule has 0 fully saturated rings. The molecule has 0 unspecified atom stereocenters. The van der Waals surface area contributed by atoms with Crippen molar-refractivity contribution in [1.82, 2.24) is 4.90 Å². The van der Waals surface area contributed by atoms with Crippen LogP contribution in [0.4, 0.5) is 0 Å². The lowest BCUT2D eigenvalue weighted by atomic mass is 9.86. The maximum atomic E-state index is 13.1. The van der Waals surface area contributed by atoms with Crippen LogP contribution < -0.4 is 4.74 Å². The highest BCUT2D eigenvalue weighted by atomic mass is 16.5. The van der Waals surface area contributed by atoms with E-state index in [2.05, 4.69) is 26.8 Å². The van der Waals surface area contributed by atoms with Gasteiger partial charge in [0.2, 0.25) is 0 Å². The summed E-state index contributed by atoms with van der Waals surface area (Å²) in [7, 11) is 0. The van der Waals surface area contributed by atoms with Crippen molar-refractivity contribution in [1.29, 1.82) is 0 Å². The molecule has 0 heterocycles. The number of ether oxygens (including phenoxy) is 1. The predicted octanol–water partition coefficient (Wildman–Crippen LogP) is 5.59. The summed E-state index contributed by atoms with van der Waals surface area (Å²) in [6.45, 7) is 7.57. The summed E-state index contributed by atoms with van der Waals surface area (Å²) in [4.78, 5) is 14.9. The van der Waals surface area contributed by atoms with Crippen LogP contribution in [0, 0.1) is 0 Å². The van der Waals surface area contributed by atoms with Crippen LogP contribution >= 0.6 is 0 Å². The van der Waals surface area contributed by atoms with Crippen LogP contribution in [0.2, 0.25) is 0 Å². The lowest BCUT2D eigenvalue weighted by Crippen LogP contribution is -2.34. The molecular weight excluding hydrogens is 358 g/mol. The monoisotopic (exact) mass is 387 g/mol. The zero-order chi connectivity index (χ0) is 20.7. The van der Waals surface area contributed by atoms with E-state index in [1.165, 1.54) is 0 Å². The van der Waals surface area contributed by atoms with Gasteiger partial charge in [-0.1, -0.05) is 99.6 Å². The maximum absolute atomic E-state index is 13.1. The first-order valence-electron chi connectivity index (χ1n) is 10.0. The van der Waals surface area contributed by atoms with E-state index in [0.29, 0.717) is 13.1 Å². The molecule has 3 aromatic rings. The van der Waals surface area contributed by atoms with Crippen molar-refractivity contribution < 1.29 is 9.53 Å². The highest BCUT2D eigenvalue weighted by molar-refractivity contribution is 5.77. The zero-order valence-electron chi connectivity index (χ0n) is 17.5. The molecule has 3 heteroatoms. The normalized spacial score (nSPS) is 11.1. The van der Waals surface area contributed by atoms with Gasteiger partial charge < -0.3 is 9.64 Å². The molecule has 1 amide bonds. The number of hydrogen-bond donors (Lipinski definition) is 0. The Labute approximate surface area is 174 Å². The second kappa shape index (κ2) is 9.42. The smallest absolute Gasteiger partial charge is 0.261 e. The minimum atomic E-state index is -0.0482. The number of carbonyl (C=O) groups is 1. The first kappa shape index (κ1) is 20.7. The van der Waals surface area contributed by atoms with Crippen molar-refractivity contribution in [3.05, 3.63) is 102 Å². The number of para-hydroxylation sites is 1. The largest absolute Gasteiger partial charge is 0.483 e. The molecule has 0 spiro atoms. The Morgan fingerprint density at radius 2 is 1.24 bits per heavy atom. The van der Waals surface area contributed by atoms with Gasteiger partial charge in [-0.2, -0.15) is 0 Å². The van der Waals surface area contributed by atoms with Gasteiger partial charge >= 0.3 is 0 Å². The molecule has 0 N–H and O–H groups in total. The third kappa shape index (κ3) is 5.95. The lowest BCUT2D eigenvalue weighted by molar-refractivity contribution is -0.134. The van der Waals surface area contributed by atoms with Crippen LogP contribution in [0.25, 0.3) is 0 Å². The van der Waals surface area contributed by atoms with E-state index in [1.54, 1.807) is 0 Å². The highest BCUT2D eigenvalue weighted by Gasteiger charge is 2.20. The summed E-state index contributed by atoms with van der Waals surface area (Å²) in [5.41, 5.74) is 3.26. The van der Waals surface area contributed by atoms with Gasteiger partial charge in [-0.25, -0.2) is 0 Å². The molecule has 150 valence electrons. The Morgan fingerprint density at radius 3 is 1.76 bits per heavy atom. The van der Waals surface area contributed by atoms with Gasteiger partial charge in [-0.15, -0.1) is 0 Å². The Balaban J connectivity index is 1.74. The summed E-state index contributed by atoms with van der Waals surface area (Å²) in [5.74, 6) is 0.745. The number of carbonyl (C=O) groups excluding carboxylic acids is 1. The summed E-state index contributed by atoms with van der Waals surface area (Å²) in [6.07, 6.45) is 0. The van der Waals surface area contributed by atoms with Crippen molar-refractivity contribution in [2.24, 2.45) is 0 Å². The number of nitrogens with zero attached hydrogens (tertiary/aromatic N) is 1. The fourth-order valence-corrected chi connectivity index (χ4v) is 3.28. The van der Waals surface area contributed by atoms with E-state index in [4.69, 9.17) is 4.74 Å². The van der Waals surface area contributed by atoms with Gasteiger partial charge in [-0.05, 0) is 28.2 Å². The number of amides is 1. The summed E-state index contributed by atoms with van der Waals surface area (Å²) in [6, 6.07) is 28.1. The molecule has 3 nitrogen and oxygen atoms in total. The second-order valence-electron chi connectivity index (χ2n) is 8.26. The highest BCUT2D eigenvalue weighted by Crippen LogP contribution is 2.31. The van der Waals surface area contributed by atoms with E-state index in [-0.39, 0.29) is 17.9 Å². The van der Waals surface area contributed by atoms with Crippen molar-refractivity contribution >= 4 is 5.91 Å². The molecule has 0 atom stereocenters. The minimum Gasteiger partial charge on any atom is -0.483 e. The quantitative estimate of drug-likeness (QED) is 0.529. The molecule has 3 aromatic carbocycles. The SMILES string of the molecule is CC(C)(C)c1ccccc1OCC(=O)N(Cc1ccccc1)Cc1ccccc1. The van der Waals surface area contributed by atoms with Crippen molar-refractivity contribution in [2.75, 3.05) is 6.61 Å². The van der Waals surface area contributed by atoms with Gasteiger partial charge in [0.15, 0.2) is 6.61 Å². The third-order valence-electron chi connectivity index (χ3n) is 4.83. The average Bonchev–Trinajstić information content (AvgIpc) is 2.72. The molecular formula is C26H29NO2. The van der Waals surface area contributed by atoms with Gasteiger partial charge in [0.25, 0.3) is 5.91 Å². The van der Waals surface area contributed by atoms with E-state index < -0.39 is 0 Å². The van der Waals surface area contributed by atoms with Gasteiger partial charge in [0.05, 0.1) is 0 Å². The first-order chi connectivity index (χ1) is 13.9. The standard InChI is InChI=1S/C26H29NO2/c1-26(2,3)23-16-10-11-17-24(23)29-20-25(28)27(18-21-12-6-4-7-13-21)19-22-14-8-5-9-15-22/h4-17H,18-20H2,1-3H3. The van der Waals surface area contributed by atoms with Crippen LogP contribution in [-0.2, 0) is 23.3 Å². The Hall–Kier alpha value is -3.07. The summed E-state index contributed by atoms with van der Waals surface area (Å²) in [5, 5.41) is 0. The van der Waals surface area contributed by atoms with E-state index in [0.717, 1.165) is 22.4 Å². The lowest BCUT2D eigenvalue weighted by Gasteiger charge is -2.25. The van der Waals surface area contributed by atoms with Crippen molar-refractivity contribution in [3.8, 4) is 5.75 Å². The molecule has 0 aliphatic carbocycles. The first-order valence-corrected chi connectivity index (χ1v) is 10.0. The molecule has 0 aliphatic rings. The van der Waals surface area contributed by atoms with Crippen molar-refractivity contribution in [3.63, 3.8) is 0 Å². The number of hydrogen-bond acceptors (Lipinski definition) is 2. The Morgan fingerprint density at radius 1 is 0.759 bits per heavy atom. The van der Waals surface area contributed by atoms with Crippen LogP contribution in [0.5, 0.6) is 5.75 Å². The zero-order valence-corrected chi connectivity index (χ0v) is 17.5. The average molecular weight is 388 g/mol. The predicted molar refractivity (Wildman–Crippen MR) is 118 cm³/mol. The fraction of sp³-hybridized carbons (Fsp3) is 0.269. The second-order valence-corrected chi connectivity index (χ2v) is 8.26. The van der Waals surface area contributed by atoms with Crippen LogP contribution in [-0.4, -0.2) is 17.4 Å². The number of rotatable bonds is 7. The van der Waals surface area contributed by atoms with Gasteiger partial charge in [0, 0.05) is 13.1 Å². The van der Waals surface area contributed by atoms with E-state index in [1.807, 2.05) is 83.8 Å². The molecule has 29 heavy (non-hydrogen) atoms. The minimum absolute atomic E-state index is 0.0206. The molecule has 0 aromatic heterocycles. The molecule has 0 bridgehead atoms. The topological polar surface area (TPSA) is 29.5 Å². The van der Waals surface area contributed by atoms with Crippen molar-refractivity contribution in [2.45, 2.75) is 39.3 Å². The number of benzene rings is 3. The third-order valence-corrected chi connectivity index (χ3v) is 4.83. The maximum Gasteiger partial charge on any atom is 0.261 e. The Kier molecular flexibility index (Phi) is 6.71. The fourth-order valence-electron chi connectivity index (χ4n) is 3.28.